The van der Waals surface area contributed by atoms with Crippen molar-refractivity contribution in [1.82, 2.24) is 9.80 Å². The van der Waals surface area contributed by atoms with Crippen LogP contribution in [0.5, 0.6) is 0 Å². The predicted octanol–water partition coefficient (Wildman–Crippen LogP) is 1.76. The predicted molar refractivity (Wildman–Crippen MR) is 89.7 cm³/mol. The van der Waals surface area contributed by atoms with E-state index in [-0.39, 0.29) is 24.3 Å². The Labute approximate surface area is 145 Å². The number of nitrogens with zero attached hydrogens (tertiary/aromatic N) is 2. The maximum absolute atomic E-state index is 12.6. The fraction of sp³-hybridized carbons (Fsp3) is 0.588. The quantitative estimate of drug-likeness (QED) is 0.779. The van der Waals surface area contributed by atoms with Crippen LogP contribution in [0.1, 0.15) is 35.4 Å². The molecule has 1 saturated carbocycles. The number of rotatable bonds is 3. The third kappa shape index (κ3) is 3.31. The molecule has 2 heterocycles. The van der Waals surface area contributed by atoms with Crippen molar-refractivity contribution in [1.29, 1.82) is 0 Å². The van der Waals surface area contributed by atoms with Crippen molar-refractivity contribution >= 4 is 29.1 Å². The molecule has 1 aromatic heterocycles. The summed E-state index contributed by atoms with van der Waals surface area (Å²) in [7, 11) is 1.31. The number of amides is 2. The van der Waals surface area contributed by atoms with Gasteiger partial charge in [0.15, 0.2) is 0 Å². The number of carbonyl (C=O) groups excluding carboxylic acids is 3. The highest BCUT2D eigenvalue weighted by atomic mass is 32.1. The summed E-state index contributed by atoms with van der Waals surface area (Å²) in [5.74, 6) is -0.454. The average Bonchev–Trinajstić information content (AvgIpc) is 3.32. The number of hydrogen-bond acceptors (Lipinski definition) is 5. The molecule has 6 nitrogen and oxygen atoms in total. The summed E-state index contributed by atoms with van der Waals surface area (Å²) in [4.78, 5) is 41.3. The molecule has 0 radical (unpaired) electrons. The topological polar surface area (TPSA) is 66.9 Å². The number of hydrogen-bond donors (Lipinski definition) is 0. The van der Waals surface area contributed by atoms with Gasteiger partial charge >= 0.3 is 5.97 Å². The Hall–Kier alpha value is -1.89. The largest absolute Gasteiger partial charge is 0.467 e. The Balaban J connectivity index is 1.74. The lowest BCUT2D eigenvalue weighted by atomic mass is 10.0. The van der Waals surface area contributed by atoms with Crippen molar-refractivity contribution in [2.24, 2.45) is 5.92 Å². The van der Waals surface area contributed by atoms with Crippen LogP contribution in [0, 0.1) is 5.92 Å². The highest BCUT2D eigenvalue weighted by Gasteiger charge is 2.39. The van der Waals surface area contributed by atoms with Gasteiger partial charge in [0.05, 0.1) is 18.5 Å². The zero-order valence-corrected chi connectivity index (χ0v) is 14.6. The van der Waals surface area contributed by atoms with Crippen LogP contribution in [0.4, 0.5) is 0 Å². The maximum atomic E-state index is 12.6. The second-order valence-electron chi connectivity index (χ2n) is 6.28. The van der Waals surface area contributed by atoms with E-state index < -0.39 is 12.0 Å². The standard InChI is InChI=1S/C17H22N2O4S/c1-23-17(22)13-11-18(15(20)12-5-2-3-6-12)8-9-19(13)16(21)14-7-4-10-24-14/h4,7,10,12-13H,2-3,5-6,8-9,11H2,1H3. The van der Waals surface area contributed by atoms with Gasteiger partial charge in [-0.3, -0.25) is 9.59 Å². The summed E-state index contributed by atoms with van der Waals surface area (Å²) in [5, 5.41) is 1.83. The summed E-state index contributed by atoms with van der Waals surface area (Å²) in [6.45, 7) is 1.05. The first kappa shape index (κ1) is 17.0. The minimum atomic E-state index is -0.733. The first-order chi connectivity index (χ1) is 11.6. The molecule has 130 valence electrons. The SMILES string of the molecule is COC(=O)C1CN(C(=O)C2CCCC2)CCN1C(=O)c1cccs1. The number of carbonyl (C=O) groups is 3. The minimum Gasteiger partial charge on any atom is -0.467 e. The summed E-state index contributed by atoms with van der Waals surface area (Å²) >= 11 is 1.35. The number of ether oxygens (including phenoxy) is 1. The zero-order valence-electron chi connectivity index (χ0n) is 13.8. The van der Waals surface area contributed by atoms with E-state index in [0.29, 0.717) is 18.0 Å². The molecule has 7 heteroatoms. The molecule has 2 fully saturated rings. The summed E-state index contributed by atoms with van der Waals surface area (Å²) in [6.07, 6.45) is 4.04. The molecule has 0 bridgehead atoms. The summed E-state index contributed by atoms with van der Waals surface area (Å²) in [5.41, 5.74) is 0. The van der Waals surface area contributed by atoms with Gasteiger partial charge in [-0.15, -0.1) is 11.3 Å². The Kier molecular flexibility index (Phi) is 5.18. The summed E-state index contributed by atoms with van der Waals surface area (Å²) in [6, 6.07) is 2.83. The molecule has 1 aliphatic heterocycles. The molecule has 0 aromatic carbocycles. The van der Waals surface area contributed by atoms with Gasteiger partial charge in [0.1, 0.15) is 6.04 Å². The van der Waals surface area contributed by atoms with E-state index in [1.54, 1.807) is 11.0 Å². The highest BCUT2D eigenvalue weighted by molar-refractivity contribution is 7.12. The van der Waals surface area contributed by atoms with Gasteiger partial charge in [0, 0.05) is 19.0 Å². The van der Waals surface area contributed by atoms with E-state index in [1.807, 2.05) is 11.4 Å². The molecule has 2 amide bonds. The van der Waals surface area contributed by atoms with E-state index in [4.69, 9.17) is 4.74 Å². The average molecular weight is 350 g/mol. The minimum absolute atomic E-state index is 0.0721. The zero-order chi connectivity index (χ0) is 17.1. The van der Waals surface area contributed by atoms with Crippen molar-refractivity contribution in [3.8, 4) is 0 Å². The van der Waals surface area contributed by atoms with Crippen molar-refractivity contribution in [2.45, 2.75) is 31.7 Å². The van der Waals surface area contributed by atoms with Crippen molar-refractivity contribution in [2.75, 3.05) is 26.7 Å². The van der Waals surface area contributed by atoms with Gasteiger partial charge < -0.3 is 14.5 Å². The van der Waals surface area contributed by atoms with Gasteiger partial charge in [-0.05, 0) is 24.3 Å². The van der Waals surface area contributed by atoms with Gasteiger partial charge in [0.25, 0.3) is 5.91 Å². The highest BCUT2D eigenvalue weighted by Crippen LogP contribution is 2.28. The number of thiophene rings is 1. The second-order valence-corrected chi connectivity index (χ2v) is 7.23. The van der Waals surface area contributed by atoms with Gasteiger partial charge in [-0.2, -0.15) is 0 Å². The molecule has 1 aromatic rings. The van der Waals surface area contributed by atoms with Crippen LogP contribution in [-0.2, 0) is 14.3 Å². The van der Waals surface area contributed by atoms with Crippen LogP contribution < -0.4 is 0 Å². The van der Waals surface area contributed by atoms with E-state index in [2.05, 4.69) is 0 Å². The number of methoxy groups -OCH3 is 1. The van der Waals surface area contributed by atoms with Gasteiger partial charge in [0.2, 0.25) is 5.91 Å². The van der Waals surface area contributed by atoms with Crippen LogP contribution in [0.15, 0.2) is 17.5 Å². The van der Waals surface area contributed by atoms with Crippen LogP contribution in [0.3, 0.4) is 0 Å². The molecular weight excluding hydrogens is 328 g/mol. The number of esters is 1. The maximum Gasteiger partial charge on any atom is 0.330 e. The van der Waals surface area contributed by atoms with E-state index >= 15 is 0 Å². The second kappa shape index (κ2) is 7.34. The Bertz CT molecular complexity index is 610. The molecule has 24 heavy (non-hydrogen) atoms. The van der Waals surface area contributed by atoms with Crippen LogP contribution in [0.25, 0.3) is 0 Å². The third-order valence-corrected chi connectivity index (χ3v) is 5.72. The molecule has 1 saturated heterocycles. The van der Waals surface area contributed by atoms with E-state index in [9.17, 15) is 14.4 Å². The first-order valence-electron chi connectivity index (χ1n) is 8.33. The number of piperazine rings is 1. The summed E-state index contributed by atoms with van der Waals surface area (Å²) < 4.78 is 4.87. The fourth-order valence-corrected chi connectivity index (χ4v) is 4.22. The molecule has 1 atom stereocenters. The lowest BCUT2D eigenvalue weighted by molar-refractivity contribution is -0.151. The molecule has 0 N–H and O–H groups in total. The first-order valence-corrected chi connectivity index (χ1v) is 9.21. The van der Waals surface area contributed by atoms with Crippen molar-refractivity contribution in [3.63, 3.8) is 0 Å². The van der Waals surface area contributed by atoms with Crippen LogP contribution >= 0.6 is 11.3 Å². The lowest BCUT2D eigenvalue weighted by Gasteiger charge is -2.40. The van der Waals surface area contributed by atoms with Crippen LogP contribution in [-0.4, -0.2) is 60.4 Å². The lowest BCUT2D eigenvalue weighted by Crippen LogP contribution is -2.60. The Morgan fingerprint density at radius 2 is 1.96 bits per heavy atom. The molecule has 1 unspecified atom stereocenters. The molecule has 2 aliphatic rings. The van der Waals surface area contributed by atoms with Gasteiger partial charge in [-0.25, -0.2) is 4.79 Å². The van der Waals surface area contributed by atoms with E-state index in [0.717, 1.165) is 25.7 Å². The smallest absolute Gasteiger partial charge is 0.330 e. The van der Waals surface area contributed by atoms with Gasteiger partial charge in [-0.1, -0.05) is 18.9 Å². The fourth-order valence-electron chi connectivity index (χ4n) is 3.54. The Morgan fingerprint density at radius 1 is 1.21 bits per heavy atom. The van der Waals surface area contributed by atoms with Crippen LogP contribution in [0.2, 0.25) is 0 Å². The third-order valence-electron chi connectivity index (χ3n) is 4.86. The molecular formula is C17H22N2O4S. The van der Waals surface area contributed by atoms with E-state index in [1.165, 1.54) is 23.3 Å². The molecule has 3 rings (SSSR count). The monoisotopic (exact) mass is 350 g/mol. The molecule has 1 aliphatic carbocycles. The Morgan fingerprint density at radius 3 is 2.58 bits per heavy atom. The normalized spacial score (nSPS) is 21.8. The molecule has 0 spiro atoms. The van der Waals surface area contributed by atoms with Crippen molar-refractivity contribution < 1.29 is 19.1 Å². The van der Waals surface area contributed by atoms with Crippen molar-refractivity contribution in [3.05, 3.63) is 22.4 Å².